The normalized spacial score (nSPS) is 10.9. The first-order valence-electron chi connectivity index (χ1n) is 5.23. The zero-order chi connectivity index (χ0) is 12.3. The maximum absolute atomic E-state index is 10.6. The van der Waals surface area contributed by atoms with Crippen molar-refractivity contribution in [2.24, 2.45) is 0 Å². The Morgan fingerprint density at radius 1 is 1.12 bits per heavy atom. The van der Waals surface area contributed by atoms with Gasteiger partial charge in [-0.05, 0) is 30.7 Å². The van der Waals surface area contributed by atoms with Crippen molar-refractivity contribution < 1.29 is 14.3 Å². The summed E-state index contributed by atoms with van der Waals surface area (Å²) in [6, 6.07) is 11.1. The molecule has 1 heterocycles. The number of hydrogen-bond acceptors (Lipinski definition) is 2. The molecular weight excluding hydrogens is 216 g/mol. The van der Waals surface area contributed by atoms with E-state index in [-0.39, 0.29) is 5.76 Å². The fourth-order valence-electron chi connectivity index (χ4n) is 1.41. The van der Waals surface area contributed by atoms with E-state index >= 15 is 0 Å². The highest BCUT2D eigenvalue weighted by Gasteiger charge is 2.06. The lowest BCUT2D eigenvalue weighted by molar-refractivity contribution is 0.0662. The molecule has 0 aliphatic carbocycles. The van der Waals surface area contributed by atoms with E-state index in [0.717, 1.165) is 5.56 Å². The molecule has 2 rings (SSSR count). The largest absolute Gasteiger partial charge is 0.475 e. The molecule has 0 aliphatic rings. The molecule has 0 fully saturated rings. The number of aryl methyl sites for hydroxylation is 1. The summed E-state index contributed by atoms with van der Waals surface area (Å²) < 4.78 is 5.10. The van der Waals surface area contributed by atoms with Gasteiger partial charge in [-0.2, -0.15) is 0 Å². The van der Waals surface area contributed by atoms with Gasteiger partial charge >= 0.3 is 5.97 Å². The molecule has 0 spiro atoms. The minimum atomic E-state index is -1.06. The Kier molecular flexibility index (Phi) is 3.10. The molecule has 17 heavy (non-hydrogen) atoms. The quantitative estimate of drug-likeness (QED) is 0.875. The number of benzene rings is 1. The van der Waals surface area contributed by atoms with Gasteiger partial charge in [-0.3, -0.25) is 0 Å². The third-order valence-electron chi connectivity index (χ3n) is 2.35. The molecule has 0 atom stereocenters. The van der Waals surface area contributed by atoms with Crippen molar-refractivity contribution in [3.8, 4) is 0 Å². The van der Waals surface area contributed by atoms with E-state index in [1.807, 2.05) is 37.3 Å². The van der Waals surface area contributed by atoms with Crippen molar-refractivity contribution in [2.75, 3.05) is 0 Å². The number of rotatable bonds is 3. The Balaban J connectivity index is 2.14. The van der Waals surface area contributed by atoms with E-state index in [9.17, 15) is 4.79 Å². The molecule has 0 unspecified atom stereocenters. The number of carboxylic acid groups (broad SMARTS) is 1. The van der Waals surface area contributed by atoms with Crippen molar-refractivity contribution in [1.82, 2.24) is 0 Å². The smallest absolute Gasteiger partial charge is 0.371 e. The van der Waals surface area contributed by atoms with Gasteiger partial charge in [0, 0.05) is 0 Å². The third-order valence-corrected chi connectivity index (χ3v) is 2.35. The second kappa shape index (κ2) is 4.70. The van der Waals surface area contributed by atoms with Crippen LogP contribution < -0.4 is 0 Å². The highest BCUT2D eigenvalue weighted by molar-refractivity contribution is 5.84. The predicted molar refractivity (Wildman–Crippen MR) is 65.8 cm³/mol. The van der Waals surface area contributed by atoms with Crippen LogP contribution in [0.25, 0.3) is 12.2 Å². The van der Waals surface area contributed by atoms with Crippen LogP contribution >= 0.6 is 0 Å². The maximum atomic E-state index is 10.6. The van der Waals surface area contributed by atoms with Crippen LogP contribution in [0.1, 0.15) is 27.4 Å². The van der Waals surface area contributed by atoms with E-state index in [1.54, 1.807) is 12.1 Å². The zero-order valence-corrected chi connectivity index (χ0v) is 9.38. The first kappa shape index (κ1) is 11.2. The molecule has 1 aromatic heterocycles. The SMILES string of the molecule is Cc1ccc(/C=C/c2ccc(C(=O)O)o2)cc1. The van der Waals surface area contributed by atoms with Gasteiger partial charge in [0.2, 0.25) is 5.76 Å². The summed E-state index contributed by atoms with van der Waals surface area (Å²) in [5, 5.41) is 8.70. The standard InChI is InChI=1S/C14H12O3/c1-10-2-4-11(5-3-10)6-7-12-8-9-13(17-12)14(15)16/h2-9H,1H3,(H,15,16)/b7-6+. The molecule has 86 valence electrons. The van der Waals surface area contributed by atoms with Gasteiger partial charge in [0.25, 0.3) is 0 Å². The average Bonchev–Trinajstić information content (AvgIpc) is 2.77. The van der Waals surface area contributed by atoms with Gasteiger partial charge in [-0.25, -0.2) is 4.79 Å². The van der Waals surface area contributed by atoms with Gasteiger partial charge in [-0.1, -0.05) is 35.9 Å². The van der Waals surface area contributed by atoms with Gasteiger partial charge in [0.15, 0.2) is 0 Å². The number of carbonyl (C=O) groups is 1. The second-order valence-electron chi connectivity index (χ2n) is 3.75. The van der Waals surface area contributed by atoms with Crippen molar-refractivity contribution in [1.29, 1.82) is 0 Å². The number of aromatic carboxylic acids is 1. The Hall–Kier alpha value is -2.29. The molecule has 1 N–H and O–H groups in total. The molecule has 0 bridgehead atoms. The Morgan fingerprint density at radius 3 is 2.41 bits per heavy atom. The van der Waals surface area contributed by atoms with Crippen molar-refractivity contribution in [2.45, 2.75) is 6.92 Å². The van der Waals surface area contributed by atoms with E-state index in [2.05, 4.69) is 0 Å². The zero-order valence-electron chi connectivity index (χ0n) is 9.38. The van der Waals surface area contributed by atoms with E-state index in [1.165, 1.54) is 11.6 Å². The summed E-state index contributed by atoms with van der Waals surface area (Å²) in [6.45, 7) is 2.03. The fraction of sp³-hybridized carbons (Fsp3) is 0.0714. The number of carboxylic acids is 1. The molecular formula is C14H12O3. The molecule has 0 saturated heterocycles. The highest BCUT2D eigenvalue weighted by atomic mass is 16.4. The molecule has 0 amide bonds. The fourth-order valence-corrected chi connectivity index (χ4v) is 1.41. The van der Waals surface area contributed by atoms with Crippen LogP contribution in [-0.4, -0.2) is 11.1 Å². The molecule has 0 aliphatic heterocycles. The second-order valence-corrected chi connectivity index (χ2v) is 3.75. The summed E-state index contributed by atoms with van der Waals surface area (Å²) in [6.07, 6.45) is 3.63. The Labute approximate surface area is 99.0 Å². The molecule has 3 nitrogen and oxygen atoms in total. The lowest BCUT2D eigenvalue weighted by Gasteiger charge is -1.93. The first-order chi connectivity index (χ1) is 8.15. The van der Waals surface area contributed by atoms with Crippen LogP contribution in [0.5, 0.6) is 0 Å². The van der Waals surface area contributed by atoms with Crippen LogP contribution in [0.2, 0.25) is 0 Å². The summed E-state index contributed by atoms with van der Waals surface area (Å²) in [5.74, 6) is -0.573. The monoisotopic (exact) mass is 228 g/mol. The lowest BCUT2D eigenvalue weighted by atomic mass is 10.1. The molecule has 0 radical (unpaired) electrons. The van der Waals surface area contributed by atoms with Gasteiger partial charge < -0.3 is 9.52 Å². The molecule has 0 saturated carbocycles. The summed E-state index contributed by atoms with van der Waals surface area (Å²) in [5.41, 5.74) is 2.25. The molecule has 1 aromatic carbocycles. The maximum Gasteiger partial charge on any atom is 0.371 e. The molecule has 3 heteroatoms. The van der Waals surface area contributed by atoms with Crippen molar-refractivity contribution in [3.63, 3.8) is 0 Å². The average molecular weight is 228 g/mol. The predicted octanol–water partition coefficient (Wildman–Crippen LogP) is 3.46. The van der Waals surface area contributed by atoms with Crippen LogP contribution in [-0.2, 0) is 0 Å². The number of furan rings is 1. The van der Waals surface area contributed by atoms with Crippen LogP contribution in [0.3, 0.4) is 0 Å². The lowest BCUT2D eigenvalue weighted by Crippen LogP contribution is -1.91. The summed E-state index contributed by atoms with van der Waals surface area (Å²) in [7, 11) is 0. The van der Waals surface area contributed by atoms with E-state index in [4.69, 9.17) is 9.52 Å². The van der Waals surface area contributed by atoms with E-state index < -0.39 is 5.97 Å². The summed E-state index contributed by atoms with van der Waals surface area (Å²) >= 11 is 0. The minimum Gasteiger partial charge on any atom is -0.475 e. The van der Waals surface area contributed by atoms with Gasteiger partial charge in [0.1, 0.15) is 5.76 Å². The highest BCUT2D eigenvalue weighted by Crippen LogP contribution is 2.12. The van der Waals surface area contributed by atoms with Gasteiger partial charge in [0.05, 0.1) is 0 Å². The van der Waals surface area contributed by atoms with Crippen LogP contribution in [0.4, 0.5) is 0 Å². The third kappa shape index (κ3) is 2.84. The molecule has 2 aromatic rings. The van der Waals surface area contributed by atoms with Crippen molar-refractivity contribution >= 4 is 18.1 Å². The Bertz CT molecular complexity index is 547. The van der Waals surface area contributed by atoms with Crippen molar-refractivity contribution in [3.05, 3.63) is 59.0 Å². The number of hydrogen-bond donors (Lipinski definition) is 1. The summed E-state index contributed by atoms with van der Waals surface area (Å²) in [4.78, 5) is 10.6. The minimum absolute atomic E-state index is 0.0476. The Morgan fingerprint density at radius 2 is 1.82 bits per heavy atom. The van der Waals surface area contributed by atoms with Crippen LogP contribution in [0.15, 0.2) is 40.8 Å². The van der Waals surface area contributed by atoms with E-state index in [0.29, 0.717) is 5.76 Å². The topological polar surface area (TPSA) is 50.4 Å². The first-order valence-corrected chi connectivity index (χ1v) is 5.23. The van der Waals surface area contributed by atoms with Gasteiger partial charge in [-0.15, -0.1) is 0 Å². The van der Waals surface area contributed by atoms with Crippen LogP contribution in [0, 0.1) is 6.92 Å².